The minimum absolute atomic E-state index is 0.0143. The van der Waals surface area contributed by atoms with E-state index in [1.807, 2.05) is 30.5 Å². The molecule has 0 atom stereocenters. The maximum absolute atomic E-state index is 12.0. The summed E-state index contributed by atoms with van der Waals surface area (Å²) in [5.74, 6) is 0.737. The van der Waals surface area contributed by atoms with Gasteiger partial charge in [0.25, 0.3) is 5.91 Å². The smallest absolute Gasteiger partial charge is 0.253 e. The van der Waals surface area contributed by atoms with Gasteiger partial charge in [0.15, 0.2) is 0 Å². The van der Waals surface area contributed by atoms with E-state index in [-0.39, 0.29) is 5.91 Å². The number of thiophene rings is 1. The summed E-state index contributed by atoms with van der Waals surface area (Å²) < 4.78 is 0. The summed E-state index contributed by atoms with van der Waals surface area (Å²) in [5, 5.41) is 8.27. The van der Waals surface area contributed by atoms with Gasteiger partial charge < -0.3 is 20.6 Å². The lowest BCUT2D eigenvalue weighted by molar-refractivity contribution is 0.0946. The third-order valence-corrected chi connectivity index (χ3v) is 5.52. The number of H-pyrrole nitrogens is 2. The minimum Gasteiger partial charge on any atom is -0.359 e. The molecule has 0 radical (unpaired) electrons. The Labute approximate surface area is 159 Å². The number of nitrogens with zero attached hydrogens (tertiary/aromatic N) is 1. The van der Waals surface area contributed by atoms with Gasteiger partial charge in [0, 0.05) is 42.3 Å². The monoisotopic (exact) mass is 375 g/mol. The number of fused-ring (bicyclic) bond motifs is 1. The van der Waals surface area contributed by atoms with Gasteiger partial charge in [-0.3, -0.25) is 4.79 Å². The number of pyridine rings is 1. The average molecular weight is 375 g/mol. The quantitative estimate of drug-likeness (QED) is 0.432. The molecule has 1 aliphatic rings. The number of anilines is 2. The first kappa shape index (κ1) is 15.9. The molecule has 5 heterocycles. The number of hydrogen-bond acceptors (Lipinski definition) is 4. The van der Waals surface area contributed by atoms with E-state index in [0.717, 1.165) is 46.1 Å². The Morgan fingerprint density at radius 2 is 2.11 bits per heavy atom. The van der Waals surface area contributed by atoms with E-state index < -0.39 is 0 Å². The molecule has 4 aromatic rings. The van der Waals surface area contributed by atoms with E-state index in [0.29, 0.717) is 6.54 Å². The highest BCUT2D eigenvalue weighted by Crippen LogP contribution is 2.29. The third-order valence-electron chi connectivity index (χ3n) is 4.62. The summed E-state index contributed by atoms with van der Waals surface area (Å²) in [6.45, 7) is 0.676. The van der Waals surface area contributed by atoms with Gasteiger partial charge in [-0.25, -0.2) is 4.98 Å². The summed E-state index contributed by atoms with van der Waals surface area (Å²) in [4.78, 5) is 24.2. The van der Waals surface area contributed by atoms with Gasteiger partial charge in [-0.05, 0) is 35.7 Å². The predicted molar refractivity (Wildman–Crippen MR) is 107 cm³/mol. The highest BCUT2D eigenvalue weighted by Gasteiger charge is 2.20. The van der Waals surface area contributed by atoms with Crippen molar-refractivity contribution < 1.29 is 4.79 Å². The van der Waals surface area contributed by atoms with Crippen molar-refractivity contribution in [2.75, 3.05) is 11.9 Å². The number of rotatable bonds is 4. The first-order chi connectivity index (χ1) is 13.3. The molecule has 5 rings (SSSR count). The molecule has 4 N–H and O–H groups in total. The van der Waals surface area contributed by atoms with Crippen LogP contribution in [0, 0.1) is 0 Å². The van der Waals surface area contributed by atoms with E-state index >= 15 is 0 Å². The number of amides is 1. The van der Waals surface area contributed by atoms with Crippen LogP contribution in [-0.2, 0) is 6.42 Å². The zero-order chi connectivity index (χ0) is 18.2. The van der Waals surface area contributed by atoms with Crippen molar-refractivity contribution in [3.8, 4) is 21.8 Å². The Kier molecular flexibility index (Phi) is 3.79. The molecule has 7 heteroatoms. The second kappa shape index (κ2) is 6.44. The van der Waals surface area contributed by atoms with Crippen LogP contribution in [0.1, 0.15) is 16.1 Å². The molecule has 0 spiro atoms. The summed E-state index contributed by atoms with van der Waals surface area (Å²) in [5.41, 5.74) is 5.67. The molecule has 1 aliphatic heterocycles. The molecule has 0 aromatic carbocycles. The summed E-state index contributed by atoms with van der Waals surface area (Å²) in [6.07, 6.45) is 4.53. The molecule has 0 saturated carbocycles. The normalized spacial score (nSPS) is 13.3. The number of aromatic amines is 2. The van der Waals surface area contributed by atoms with Crippen LogP contribution in [0.4, 0.5) is 11.5 Å². The van der Waals surface area contributed by atoms with Crippen molar-refractivity contribution in [1.29, 1.82) is 0 Å². The van der Waals surface area contributed by atoms with Crippen LogP contribution in [0.2, 0.25) is 0 Å². The zero-order valence-electron chi connectivity index (χ0n) is 14.4. The molecule has 0 aliphatic carbocycles. The lowest BCUT2D eigenvalue weighted by Gasteiger charge is -2.11. The second-order valence-corrected chi connectivity index (χ2v) is 7.36. The van der Waals surface area contributed by atoms with Crippen LogP contribution < -0.4 is 10.6 Å². The van der Waals surface area contributed by atoms with Crippen molar-refractivity contribution in [1.82, 2.24) is 20.3 Å². The molecule has 27 heavy (non-hydrogen) atoms. The fraction of sp³-hybridized carbons (Fsp3) is 0.100. The molecule has 134 valence electrons. The van der Waals surface area contributed by atoms with Crippen molar-refractivity contribution in [2.45, 2.75) is 6.42 Å². The van der Waals surface area contributed by atoms with Gasteiger partial charge in [-0.1, -0.05) is 6.07 Å². The van der Waals surface area contributed by atoms with Crippen LogP contribution in [0.15, 0.2) is 54.2 Å². The van der Waals surface area contributed by atoms with Gasteiger partial charge in [-0.15, -0.1) is 11.3 Å². The van der Waals surface area contributed by atoms with E-state index in [2.05, 4.69) is 43.1 Å². The number of nitrogens with one attached hydrogen (secondary N) is 4. The first-order valence-electron chi connectivity index (χ1n) is 8.72. The van der Waals surface area contributed by atoms with Gasteiger partial charge in [0.05, 0.1) is 21.8 Å². The molecule has 0 unspecified atom stereocenters. The van der Waals surface area contributed by atoms with Crippen molar-refractivity contribution in [3.05, 3.63) is 65.4 Å². The standard InChI is InChI=1S/C20H17N5OS/c26-20-14-10-16(25-15(14)4-6-22-20)12-3-5-21-19(8-12)24-13-9-17(23-11-13)18-2-1-7-27-18/h1-3,5,7-11,23,25H,4,6H2,(H,21,24)(H,22,26). The average Bonchev–Trinajstić information content (AvgIpc) is 3.42. The largest absolute Gasteiger partial charge is 0.359 e. The van der Waals surface area contributed by atoms with Crippen LogP contribution >= 0.6 is 11.3 Å². The minimum atomic E-state index is -0.0143. The summed E-state index contributed by atoms with van der Waals surface area (Å²) >= 11 is 1.70. The Bertz CT molecular complexity index is 1110. The van der Waals surface area contributed by atoms with Gasteiger partial charge in [0.2, 0.25) is 0 Å². The molecule has 6 nitrogen and oxygen atoms in total. The number of aromatic nitrogens is 3. The SMILES string of the molecule is O=C1NCCc2[nH]c(-c3ccnc(Nc4c[nH]c(-c5cccs5)c4)c3)cc21. The fourth-order valence-electron chi connectivity index (χ4n) is 3.30. The zero-order valence-corrected chi connectivity index (χ0v) is 15.2. The Morgan fingerprint density at radius 1 is 1.15 bits per heavy atom. The Morgan fingerprint density at radius 3 is 2.96 bits per heavy atom. The highest BCUT2D eigenvalue weighted by atomic mass is 32.1. The maximum atomic E-state index is 12.0. The van der Waals surface area contributed by atoms with Crippen LogP contribution in [0.3, 0.4) is 0 Å². The highest BCUT2D eigenvalue weighted by molar-refractivity contribution is 7.13. The summed E-state index contributed by atoms with van der Waals surface area (Å²) in [6, 6.07) is 12.0. The molecule has 0 bridgehead atoms. The number of carbonyl (C=O) groups excluding carboxylic acids is 1. The lowest BCUT2D eigenvalue weighted by Crippen LogP contribution is -2.31. The molecule has 4 aromatic heterocycles. The number of hydrogen-bond donors (Lipinski definition) is 4. The molecular weight excluding hydrogens is 358 g/mol. The van der Waals surface area contributed by atoms with Gasteiger partial charge in [-0.2, -0.15) is 0 Å². The van der Waals surface area contributed by atoms with E-state index in [1.165, 1.54) is 4.88 Å². The second-order valence-electron chi connectivity index (χ2n) is 6.42. The van der Waals surface area contributed by atoms with E-state index in [9.17, 15) is 4.79 Å². The van der Waals surface area contributed by atoms with Crippen LogP contribution in [0.5, 0.6) is 0 Å². The van der Waals surface area contributed by atoms with Gasteiger partial charge in [0.1, 0.15) is 5.82 Å². The van der Waals surface area contributed by atoms with Crippen molar-refractivity contribution in [2.24, 2.45) is 0 Å². The molecule has 1 amide bonds. The van der Waals surface area contributed by atoms with Crippen molar-refractivity contribution >= 4 is 28.7 Å². The van der Waals surface area contributed by atoms with E-state index in [1.54, 1.807) is 17.5 Å². The lowest BCUT2D eigenvalue weighted by atomic mass is 10.1. The topological polar surface area (TPSA) is 85.6 Å². The Hall–Kier alpha value is -3.32. The molecular formula is C20H17N5OS. The first-order valence-corrected chi connectivity index (χ1v) is 9.60. The predicted octanol–water partition coefficient (Wildman–Crippen LogP) is 4.16. The molecule has 0 fully saturated rings. The third kappa shape index (κ3) is 3.02. The fourth-order valence-corrected chi connectivity index (χ4v) is 4.01. The maximum Gasteiger partial charge on any atom is 0.253 e. The Balaban J connectivity index is 1.40. The number of carbonyl (C=O) groups is 1. The van der Waals surface area contributed by atoms with Crippen LogP contribution in [-0.4, -0.2) is 27.4 Å². The van der Waals surface area contributed by atoms with E-state index in [4.69, 9.17) is 0 Å². The van der Waals surface area contributed by atoms with Crippen molar-refractivity contribution in [3.63, 3.8) is 0 Å². The summed E-state index contributed by atoms with van der Waals surface area (Å²) in [7, 11) is 0. The van der Waals surface area contributed by atoms with Crippen LogP contribution in [0.25, 0.3) is 21.8 Å². The molecule has 0 saturated heterocycles. The van der Waals surface area contributed by atoms with Gasteiger partial charge >= 0.3 is 0 Å².